The van der Waals surface area contributed by atoms with Crippen molar-refractivity contribution in [3.8, 4) is 0 Å². The second kappa shape index (κ2) is 5.30. The Kier molecular flexibility index (Phi) is 4.18. The summed E-state index contributed by atoms with van der Waals surface area (Å²) in [5.41, 5.74) is -3.94. The maximum absolute atomic E-state index is 11.9. The summed E-state index contributed by atoms with van der Waals surface area (Å²) in [6.07, 6.45) is 4.81. The molecule has 2 fully saturated rings. The minimum atomic E-state index is -4.14. The van der Waals surface area contributed by atoms with Crippen LogP contribution in [-0.2, 0) is 0 Å². The number of aliphatic imine (C=N–C) groups is 1. The van der Waals surface area contributed by atoms with E-state index in [0.29, 0.717) is 0 Å². The maximum Gasteiger partial charge on any atom is 0.441 e. The first-order valence-corrected chi connectivity index (χ1v) is 7.62. The van der Waals surface area contributed by atoms with Crippen LogP contribution in [0.3, 0.4) is 0 Å². The summed E-state index contributed by atoms with van der Waals surface area (Å²) < 4.78 is 35.7. The fraction of sp³-hybridized carbons (Fsp3) is 0.900. The Balaban J connectivity index is 1.73. The van der Waals surface area contributed by atoms with Crippen LogP contribution in [0.5, 0.6) is 0 Å². The molecular formula is C10H15F3N2S2. The molecule has 0 amide bonds. The summed E-state index contributed by atoms with van der Waals surface area (Å²) in [5.74, 6) is 1.01. The van der Waals surface area contributed by atoms with Crippen molar-refractivity contribution in [2.45, 2.75) is 36.7 Å². The molecule has 0 atom stereocenters. The van der Waals surface area contributed by atoms with Gasteiger partial charge in [-0.05, 0) is 24.6 Å². The molecule has 1 saturated heterocycles. The average molecular weight is 284 g/mol. The monoisotopic (exact) mass is 284 g/mol. The molecule has 1 N–H and O–H groups in total. The maximum atomic E-state index is 11.9. The van der Waals surface area contributed by atoms with Crippen molar-refractivity contribution in [1.29, 1.82) is 0 Å². The minimum Gasteiger partial charge on any atom is -0.359 e. The summed E-state index contributed by atoms with van der Waals surface area (Å²) in [7, 11) is 0. The highest BCUT2D eigenvalue weighted by Crippen LogP contribution is 2.37. The summed E-state index contributed by atoms with van der Waals surface area (Å²) in [6.45, 7) is 0.232. The zero-order valence-corrected chi connectivity index (χ0v) is 11.0. The molecule has 1 aliphatic carbocycles. The molecule has 0 aromatic heterocycles. The molecule has 7 heteroatoms. The first-order valence-electron chi connectivity index (χ1n) is 5.65. The Labute approximate surface area is 107 Å². The Morgan fingerprint density at radius 2 is 2.06 bits per heavy atom. The average Bonchev–Trinajstić information content (AvgIpc) is 2.84. The highest BCUT2D eigenvalue weighted by atomic mass is 32.2. The molecule has 1 spiro atoms. The lowest BCUT2D eigenvalue weighted by Crippen LogP contribution is -2.40. The molecule has 1 heterocycles. The highest BCUT2D eigenvalue weighted by molar-refractivity contribution is 8.14. The molecule has 2 nitrogen and oxygen atoms in total. The van der Waals surface area contributed by atoms with E-state index in [9.17, 15) is 13.2 Å². The molecule has 17 heavy (non-hydrogen) atoms. The number of alkyl halides is 3. The van der Waals surface area contributed by atoms with Crippen molar-refractivity contribution in [2.24, 2.45) is 4.99 Å². The molecule has 1 aliphatic heterocycles. The molecule has 2 rings (SSSR count). The minimum absolute atomic E-state index is 0.00222. The summed E-state index contributed by atoms with van der Waals surface area (Å²) in [5, 5.41) is 4.21. The lowest BCUT2D eigenvalue weighted by atomic mass is 10.0. The van der Waals surface area contributed by atoms with Gasteiger partial charge in [-0.1, -0.05) is 24.6 Å². The van der Waals surface area contributed by atoms with E-state index < -0.39 is 5.51 Å². The quantitative estimate of drug-likeness (QED) is 0.805. The van der Waals surface area contributed by atoms with Gasteiger partial charge in [0.05, 0.1) is 6.54 Å². The number of nitrogens with one attached hydrogen (secondary N) is 1. The van der Waals surface area contributed by atoms with Gasteiger partial charge in [0.1, 0.15) is 0 Å². The first kappa shape index (κ1) is 13.4. The van der Waals surface area contributed by atoms with E-state index >= 15 is 0 Å². The predicted octanol–water partition coefficient (Wildman–Crippen LogP) is 3.24. The van der Waals surface area contributed by atoms with Crippen LogP contribution in [-0.4, -0.2) is 34.3 Å². The Morgan fingerprint density at radius 3 is 2.71 bits per heavy atom. The van der Waals surface area contributed by atoms with E-state index in [1.54, 1.807) is 11.8 Å². The van der Waals surface area contributed by atoms with Gasteiger partial charge in [-0.3, -0.25) is 4.99 Å². The molecule has 0 radical (unpaired) electrons. The Bertz CT molecular complexity index is 298. The van der Waals surface area contributed by atoms with Crippen LogP contribution in [0.4, 0.5) is 13.2 Å². The van der Waals surface area contributed by atoms with E-state index in [1.807, 2.05) is 0 Å². The number of thioether (sulfide) groups is 2. The number of nitrogens with zero attached hydrogens (tertiary/aromatic N) is 1. The normalized spacial score (nSPS) is 25.7. The SMILES string of the molecule is FC(F)(F)SCCN=C1NC2(CCCC2)CS1. The zero-order chi connectivity index (χ0) is 12.4. The van der Waals surface area contributed by atoms with Gasteiger partial charge in [-0.15, -0.1) is 0 Å². The number of rotatable bonds is 3. The predicted molar refractivity (Wildman–Crippen MR) is 67.6 cm³/mol. The molecule has 0 aromatic rings. The van der Waals surface area contributed by atoms with Gasteiger partial charge in [0, 0.05) is 17.0 Å². The number of hydrogen-bond donors (Lipinski definition) is 1. The third-order valence-electron chi connectivity index (χ3n) is 3.03. The van der Waals surface area contributed by atoms with Crippen LogP contribution < -0.4 is 5.32 Å². The van der Waals surface area contributed by atoms with E-state index in [-0.39, 0.29) is 29.6 Å². The van der Waals surface area contributed by atoms with E-state index in [2.05, 4.69) is 10.3 Å². The number of halogens is 3. The van der Waals surface area contributed by atoms with Crippen LogP contribution in [0.15, 0.2) is 4.99 Å². The van der Waals surface area contributed by atoms with Gasteiger partial charge in [-0.2, -0.15) is 13.2 Å². The molecule has 2 aliphatic rings. The van der Waals surface area contributed by atoms with Crippen molar-refractivity contribution < 1.29 is 13.2 Å². The molecule has 1 saturated carbocycles. The number of amidine groups is 1. The fourth-order valence-electron chi connectivity index (χ4n) is 2.22. The highest BCUT2D eigenvalue weighted by Gasteiger charge is 2.39. The molecule has 98 valence electrons. The zero-order valence-electron chi connectivity index (χ0n) is 9.35. The second-order valence-electron chi connectivity index (χ2n) is 4.38. The van der Waals surface area contributed by atoms with Crippen LogP contribution in [0.25, 0.3) is 0 Å². The largest absolute Gasteiger partial charge is 0.441 e. The Morgan fingerprint density at radius 1 is 1.35 bits per heavy atom. The van der Waals surface area contributed by atoms with E-state index in [0.717, 1.165) is 23.8 Å². The van der Waals surface area contributed by atoms with Crippen LogP contribution >= 0.6 is 23.5 Å². The second-order valence-corrected chi connectivity index (χ2v) is 6.51. The summed E-state index contributed by atoms with van der Waals surface area (Å²) in [6, 6.07) is 0. The van der Waals surface area contributed by atoms with Crippen molar-refractivity contribution in [3.05, 3.63) is 0 Å². The van der Waals surface area contributed by atoms with Crippen LogP contribution in [0.1, 0.15) is 25.7 Å². The fourth-order valence-corrected chi connectivity index (χ4v) is 3.88. The molecule has 0 unspecified atom stereocenters. The van der Waals surface area contributed by atoms with Gasteiger partial charge >= 0.3 is 5.51 Å². The summed E-state index contributed by atoms with van der Waals surface area (Å²) >= 11 is 1.64. The lowest BCUT2D eigenvalue weighted by Gasteiger charge is -2.21. The van der Waals surface area contributed by atoms with Gasteiger partial charge in [0.2, 0.25) is 0 Å². The van der Waals surface area contributed by atoms with Gasteiger partial charge in [-0.25, -0.2) is 0 Å². The van der Waals surface area contributed by atoms with Crippen molar-refractivity contribution in [3.63, 3.8) is 0 Å². The van der Waals surface area contributed by atoms with Crippen LogP contribution in [0, 0.1) is 0 Å². The number of hydrogen-bond acceptors (Lipinski definition) is 3. The lowest BCUT2D eigenvalue weighted by molar-refractivity contribution is -0.0327. The Hall–Kier alpha value is -0.0400. The third-order valence-corrected chi connectivity index (χ3v) is 4.95. The van der Waals surface area contributed by atoms with Crippen molar-refractivity contribution >= 4 is 28.7 Å². The van der Waals surface area contributed by atoms with E-state index in [4.69, 9.17) is 0 Å². The topological polar surface area (TPSA) is 24.4 Å². The molecule has 0 bridgehead atoms. The molecule has 0 aromatic carbocycles. The van der Waals surface area contributed by atoms with Crippen molar-refractivity contribution in [2.75, 3.05) is 18.1 Å². The molecular weight excluding hydrogens is 269 g/mol. The van der Waals surface area contributed by atoms with Crippen LogP contribution in [0.2, 0.25) is 0 Å². The standard InChI is InChI=1S/C10H15F3N2S2/c11-10(12,13)17-6-5-14-8-15-9(7-16-8)3-1-2-4-9/h1-7H2,(H,14,15). The smallest absolute Gasteiger partial charge is 0.359 e. The third kappa shape index (κ3) is 3.98. The van der Waals surface area contributed by atoms with Gasteiger partial charge in [0.25, 0.3) is 0 Å². The van der Waals surface area contributed by atoms with Gasteiger partial charge in [0.15, 0.2) is 5.17 Å². The van der Waals surface area contributed by atoms with E-state index in [1.165, 1.54) is 12.8 Å². The van der Waals surface area contributed by atoms with Gasteiger partial charge < -0.3 is 5.32 Å². The first-order chi connectivity index (χ1) is 7.99. The van der Waals surface area contributed by atoms with Crippen molar-refractivity contribution in [1.82, 2.24) is 5.32 Å². The summed E-state index contributed by atoms with van der Waals surface area (Å²) in [4.78, 5) is 4.19.